The van der Waals surface area contributed by atoms with E-state index in [4.69, 9.17) is 5.73 Å². The number of hydrogen-bond donors (Lipinski definition) is 2. The molecule has 0 unspecified atom stereocenters. The van der Waals surface area contributed by atoms with Crippen molar-refractivity contribution in [2.24, 2.45) is 0 Å². The van der Waals surface area contributed by atoms with Crippen molar-refractivity contribution in [3.8, 4) is 0 Å². The maximum absolute atomic E-state index is 11.9. The van der Waals surface area contributed by atoms with Crippen molar-refractivity contribution in [1.29, 1.82) is 0 Å². The summed E-state index contributed by atoms with van der Waals surface area (Å²) < 4.78 is 30.7. The smallest absolute Gasteiger partial charge is 0.244 e. The van der Waals surface area contributed by atoms with Crippen molar-refractivity contribution in [2.45, 2.75) is 11.4 Å². The van der Waals surface area contributed by atoms with E-state index in [1.807, 2.05) is 0 Å². The number of pyridine rings is 1. The third-order valence-electron chi connectivity index (χ3n) is 2.04. The molecule has 0 bridgehead atoms. The highest BCUT2D eigenvalue weighted by molar-refractivity contribution is 7.89. The summed E-state index contributed by atoms with van der Waals surface area (Å²) in [6.07, 6.45) is 3.98. The minimum Gasteiger partial charge on any atom is -0.398 e. The molecular formula is C9H10N4O3S. The second-order valence-corrected chi connectivity index (χ2v) is 4.96. The number of hydrogen-bond acceptors (Lipinski definition) is 6. The van der Waals surface area contributed by atoms with Crippen LogP contribution in [0.15, 0.2) is 40.2 Å². The molecule has 7 nitrogen and oxygen atoms in total. The maximum atomic E-state index is 11.9. The van der Waals surface area contributed by atoms with Crippen molar-refractivity contribution in [3.63, 3.8) is 0 Å². The Labute approximate surface area is 97.7 Å². The molecular weight excluding hydrogens is 244 g/mol. The lowest BCUT2D eigenvalue weighted by Gasteiger charge is -2.06. The largest absolute Gasteiger partial charge is 0.398 e. The van der Waals surface area contributed by atoms with Gasteiger partial charge in [0.1, 0.15) is 11.2 Å². The van der Waals surface area contributed by atoms with E-state index >= 15 is 0 Å². The van der Waals surface area contributed by atoms with E-state index in [1.54, 1.807) is 6.07 Å². The Balaban J connectivity index is 2.17. The fourth-order valence-corrected chi connectivity index (χ4v) is 2.26. The first-order valence-electron chi connectivity index (χ1n) is 4.68. The standard InChI is InChI=1S/C9H10N4O3S/c10-8-1-3-11-6-9(8)17(14,15)12-5-7-2-4-16-13-7/h1-4,6,12H,5H2,(H2,10,11). The second kappa shape index (κ2) is 4.52. The van der Waals surface area contributed by atoms with Gasteiger partial charge >= 0.3 is 0 Å². The van der Waals surface area contributed by atoms with E-state index in [0.717, 1.165) is 0 Å². The maximum Gasteiger partial charge on any atom is 0.244 e. The van der Waals surface area contributed by atoms with Gasteiger partial charge in [-0.25, -0.2) is 13.1 Å². The lowest BCUT2D eigenvalue weighted by Crippen LogP contribution is -2.24. The quantitative estimate of drug-likeness (QED) is 0.802. The lowest BCUT2D eigenvalue weighted by atomic mass is 10.4. The zero-order valence-corrected chi connectivity index (χ0v) is 9.52. The third-order valence-corrected chi connectivity index (χ3v) is 3.49. The van der Waals surface area contributed by atoms with Gasteiger partial charge in [-0.3, -0.25) is 4.98 Å². The van der Waals surface area contributed by atoms with Crippen LogP contribution in [-0.4, -0.2) is 18.6 Å². The molecule has 2 heterocycles. The van der Waals surface area contributed by atoms with Crippen LogP contribution in [0.3, 0.4) is 0 Å². The molecule has 2 aromatic heterocycles. The Morgan fingerprint density at radius 3 is 2.88 bits per heavy atom. The van der Waals surface area contributed by atoms with Crippen LogP contribution in [0.1, 0.15) is 5.69 Å². The van der Waals surface area contributed by atoms with Gasteiger partial charge in [-0.15, -0.1) is 0 Å². The lowest BCUT2D eigenvalue weighted by molar-refractivity contribution is 0.411. The van der Waals surface area contributed by atoms with Crippen LogP contribution >= 0.6 is 0 Å². The molecule has 0 radical (unpaired) electrons. The Morgan fingerprint density at radius 1 is 1.41 bits per heavy atom. The molecule has 0 aliphatic carbocycles. The highest BCUT2D eigenvalue weighted by Crippen LogP contribution is 2.15. The van der Waals surface area contributed by atoms with Crippen molar-refractivity contribution < 1.29 is 12.9 Å². The molecule has 2 rings (SSSR count). The Bertz CT molecular complexity index is 594. The van der Waals surface area contributed by atoms with Gasteiger partial charge in [-0.2, -0.15) is 0 Å². The molecule has 0 saturated carbocycles. The molecule has 0 amide bonds. The minimum absolute atomic E-state index is 0.0349. The van der Waals surface area contributed by atoms with Gasteiger partial charge in [0.25, 0.3) is 0 Å². The number of nitrogen functional groups attached to an aromatic ring is 1. The van der Waals surface area contributed by atoms with Crippen molar-refractivity contribution >= 4 is 15.7 Å². The zero-order valence-electron chi connectivity index (χ0n) is 8.70. The van der Waals surface area contributed by atoms with Gasteiger partial charge in [-0.05, 0) is 6.07 Å². The predicted molar refractivity (Wildman–Crippen MR) is 59.2 cm³/mol. The zero-order chi connectivity index (χ0) is 12.3. The minimum atomic E-state index is -3.69. The summed E-state index contributed by atoms with van der Waals surface area (Å²) in [5.41, 5.74) is 6.19. The number of nitrogens with one attached hydrogen (secondary N) is 1. The number of aromatic nitrogens is 2. The first kappa shape index (κ1) is 11.6. The molecule has 0 aliphatic rings. The summed E-state index contributed by atoms with van der Waals surface area (Å²) in [5, 5.41) is 3.59. The van der Waals surface area contributed by atoms with E-state index in [-0.39, 0.29) is 17.1 Å². The number of anilines is 1. The van der Waals surface area contributed by atoms with E-state index < -0.39 is 10.0 Å². The number of nitrogens with zero attached hydrogens (tertiary/aromatic N) is 2. The summed E-state index contributed by atoms with van der Waals surface area (Å²) in [6, 6.07) is 2.99. The van der Waals surface area contributed by atoms with Crippen LogP contribution in [-0.2, 0) is 16.6 Å². The van der Waals surface area contributed by atoms with E-state index in [1.165, 1.54) is 24.7 Å². The van der Waals surface area contributed by atoms with Gasteiger partial charge in [0.05, 0.1) is 17.9 Å². The Morgan fingerprint density at radius 2 is 2.24 bits per heavy atom. The van der Waals surface area contributed by atoms with Gasteiger partial charge in [0, 0.05) is 18.5 Å². The van der Waals surface area contributed by atoms with Crippen LogP contribution < -0.4 is 10.5 Å². The summed E-state index contributed by atoms with van der Waals surface area (Å²) in [4.78, 5) is 3.67. The number of sulfonamides is 1. The summed E-state index contributed by atoms with van der Waals surface area (Å²) in [7, 11) is -3.69. The predicted octanol–water partition coefficient (Wildman–Crippen LogP) is 0.130. The number of nitrogens with two attached hydrogens (primary N) is 1. The molecule has 0 atom stereocenters. The van der Waals surface area contributed by atoms with E-state index in [2.05, 4.69) is 19.4 Å². The van der Waals surface area contributed by atoms with Gasteiger partial charge in [-0.1, -0.05) is 5.16 Å². The van der Waals surface area contributed by atoms with Crippen LogP contribution in [0.4, 0.5) is 5.69 Å². The molecule has 8 heteroatoms. The highest BCUT2D eigenvalue weighted by Gasteiger charge is 2.17. The van der Waals surface area contributed by atoms with Crippen LogP contribution in [0.5, 0.6) is 0 Å². The summed E-state index contributed by atoms with van der Waals surface area (Å²) in [5.74, 6) is 0. The third kappa shape index (κ3) is 2.60. The van der Waals surface area contributed by atoms with Crippen molar-refractivity contribution in [2.75, 3.05) is 5.73 Å². The van der Waals surface area contributed by atoms with E-state index in [0.29, 0.717) is 5.69 Å². The molecule has 3 N–H and O–H groups in total. The normalized spacial score (nSPS) is 11.5. The van der Waals surface area contributed by atoms with Crippen molar-refractivity contribution in [1.82, 2.24) is 14.9 Å². The highest BCUT2D eigenvalue weighted by atomic mass is 32.2. The fraction of sp³-hybridized carbons (Fsp3) is 0.111. The fourth-order valence-electron chi connectivity index (χ4n) is 1.19. The first-order valence-corrected chi connectivity index (χ1v) is 6.16. The molecule has 90 valence electrons. The Kier molecular flexibility index (Phi) is 3.07. The van der Waals surface area contributed by atoms with Crippen molar-refractivity contribution in [3.05, 3.63) is 36.5 Å². The summed E-state index contributed by atoms with van der Waals surface area (Å²) in [6.45, 7) is 0.0349. The average molecular weight is 254 g/mol. The summed E-state index contributed by atoms with van der Waals surface area (Å²) >= 11 is 0. The van der Waals surface area contributed by atoms with Gasteiger partial charge < -0.3 is 10.3 Å². The van der Waals surface area contributed by atoms with Crippen LogP contribution in [0, 0.1) is 0 Å². The van der Waals surface area contributed by atoms with Gasteiger partial charge in [0.15, 0.2) is 0 Å². The number of rotatable bonds is 4. The monoisotopic (exact) mass is 254 g/mol. The van der Waals surface area contributed by atoms with E-state index in [9.17, 15) is 8.42 Å². The molecule has 0 aromatic carbocycles. The van der Waals surface area contributed by atoms with Gasteiger partial charge in [0.2, 0.25) is 10.0 Å². The second-order valence-electron chi connectivity index (χ2n) is 3.23. The molecule has 0 aliphatic heterocycles. The molecule has 0 saturated heterocycles. The topological polar surface area (TPSA) is 111 Å². The Hall–Kier alpha value is -1.93. The molecule has 0 fully saturated rings. The molecule has 2 aromatic rings. The average Bonchev–Trinajstić information content (AvgIpc) is 2.80. The first-order chi connectivity index (χ1) is 8.09. The van der Waals surface area contributed by atoms with Crippen LogP contribution in [0.25, 0.3) is 0 Å². The van der Waals surface area contributed by atoms with Crippen LogP contribution in [0.2, 0.25) is 0 Å². The molecule has 17 heavy (non-hydrogen) atoms. The SMILES string of the molecule is Nc1ccncc1S(=O)(=O)NCc1ccon1. The molecule has 0 spiro atoms.